The van der Waals surface area contributed by atoms with Crippen molar-refractivity contribution in [3.63, 3.8) is 0 Å². The molecule has 61 heavy (non-hydrogen) atoms. The molecule has 2 heterocycles. The second-order valence-corrected chi connectivity index (χ2v) is 18.9. The summed E-state index contributed by atoms with van der Waals surface area (Å²) in [7, 11) is 1.69. The van der Waals surface area contributed by atoms with E-state index in [2.05, 4.69) is 49.3 Å². The zero-order chi connectivity index (χ0) is 42.9. The third-order valence-electron chi connectivity index (χ3n) is 14.6. The van der Waals surface area contributed by atoms with Gasteiger partial charge < -0.3 is 50.8 Å². The number of aliphatic hydroxyl groups is 3. The molecule has 0 radical (unpaired) electrons. The Bertz CT molecular complexity index is 2100. The highest BCUT2D eigenvalue weighted by atomic mass is 16.5. The number of hydrogen-bond acceptors (Lipinski definition) is 11. The van der Waals surface area contributed by atoms with Gasteiger partial charge in [-0.2, -0.15) is 0 Å². The Morgan fingerprint density at radius 2 is 1.82 bits per heavy atom. The molecular formula is C50H67N3O8. The van der Waals surface area contributed by atoms with Crippen molar-refractivity contribution >= 4 is 5.96 Å². The summed E-state index contributed by atoms with van der Waals surface area (Å²) in [4.78, 5) is 4.29. The molecule has 3 aromatic carbocycles. The van der Waals surface area contributed by atoms with Crippen molar-refractivity contribution in [1.82, 2.24) is 5.32 Å². The highest BCUT2D eigenvalue weighted by molar-refractivity contribution is 5.84. The van der Waals surface area contributed by atoms with E-state index in [9.17, 15) is 25.5 Å². The predicted octanol–water partition coefficient (Wildman–Crippen LogP) is 7.47. The number of aromatic hydroxyl groups is 2. The van der Waals surface area contributed by atoms with Crippen LogP contribution in [0.5, 0.6) is 28.7 Å². The second-order valence-electron chi connectivity index (χ2n) is 18.9. The van der Waals surface area contributed by atoms with E-state index in [1.165, 1.54) is 0 Å². The fourth-order valence-electron chi connectivity index (χ4n) is 11.5. The topological polar surface area (TPSA) is 179 Å². The summed E-state index contributed by atoms with van der Waals surface area (Å²) in [5.74, 6) is 3.95. The van der Waals surface area contributed by atoms with Gasteiger partial charge in [-0.15, -0.1) is 0 Å². The van der Waals surface area contributed by atoms with Crippen LogP contribution >= 0.6 is 0 Å². The molecule has 0 saturated heterocycles. The number of fused-ring (bicyclic) bond motifs is 5. The number of nitrogens with one attached hydrogen (secondary N) is 1. The summed E-state index contributed by atoms with van der Waals surface area (Å²) >= 11 is 0. The highest BCUT2D eigenvalue weighted by Gasteiger charge is 2.42. The van der Waals surface area contributed by atoms with Crippen LogP contribution in [-0.4, -0.2) is 76.6 Å². The lowest BCUT2D eigenvalue weighted by molar-refractivity contribution is 0.0135. The molecule has 0 unspecified atom stereocenters. The molecule has 1 saturated carbocycles. The van der Waals surface area contributed by atoms with Crippen molar-refractivity contribution in [3.8, 4) is 39.9 Å². The molecular weight excluding hydrogens is 771 g/mol. The number of nitrogens with two attached hydrogens (primary N) is 1. The SMILES string of the molecule is CC[C@@H]1C[C@H]([C@H]2Cc3cc(O)c(CC(C)C)cc3-c3c(OC)cc4c(c32)C[C@@H](O)[C@H](c2ccc(O)c(O[C@H]3CCC[C@@H](CO)[C@@H]3C[C@H]3CCN=C(N)N3)c2)O4)C=C[C@H]1CCO. The minimum absolute atomic E-state index is 0.0127. The molecule has 2 aliphatic heterocycles. The van der Waals surface area contributed by atoms with Gasteiger partial charge in [0, 0.05) is 55.3 Å². The van der Waals surface area contributed by atoms with E-state index in [1.807, 2.05) is 12.1 Å². The van der Waals surface area contributed by atoms with Gasteiger partial charge in [-0.05, 0) is 145 Å². The maximum atomic E-state index is 12.2. The van der Waals surface area contributed by atoms with E-state index < -0.39 is 12.2 Å². The van der Waals surface area contributed by atoms with Gasteiger partial charge in [-0.25, -0.2) is 0 Å². The molecule has 11 nitrogen and oxygen atoms in total. The summed E-state index contributed by atoms with van der Waals surface area (Å²) in [6.07, 6.45) is 11.6. The van der Waals surface area contributed by atoms with Crippen molar-refractivity contribution in [2.75, 3.05) is 26.9 Å². The van der Waals surface area contributed by atoms with Crippen LogP contribution in [0.3, 0.4) is 0 Å². The van der Waals surface area contributed by atoms with Crippen LogP contribution in [0.2, 0.25) is 0 Å². The molecule has 3 aliphatic carbocycles. The summed E-state index contributed by atoms with van der Waals surface area (Å²) in [5, 5.41) is 58.2. The van der Waals surface area contributed by atoms with Crippen LogP contribution in [0.15, 0.2) is 53.5 Å². The molecule has 10 atom stereocenters. The largest absolute Gasteiger partial charge is 0.508 e. The first kappa shape index (κ1) is 43.2. The first-order chi connectivity index (χ1) is 29.5. The van der Waals surface area contributed by atoms with Crippen LogP contribution in [0.4, 0.5) is 0 Å². The molecule has 330 valence electrons. The summed E-state index contributed by atoms with van der Waals surface area (Å²) < 4.78 is 19.8. The van der Waals surface area contributed by atoms with Gasteiger partial charge in [-0.1, -0.05) is 45.4 Å². The van der Waals surface area contributed by atoms with Gasteiger partial charge in [0.05, 0.1) is 13.2 Å². The fraction of sp³-hybridized carbons (Fsp3) is 0.580. The number of phenols is 2. The monoisotopic (exact) mass is 837 g/mol. The normalized spacial score (nSPS) is 29.4. The molecule has 0 aromatic heterocycles. The number of guanidine groups is 1. The first-order valence-electron chi connectivity index (χ1n) is 22.9. The summed E-state index contributed by atoms with van der Waals surface area (Å²) in [6.45, 7) is 7.44. The zero-order valence-corrected chi connectivity index (χ0v) is 36.4. The van der Waals surface area contributed by atoms with Gasteiger partial charge in [-0.3, -0.25) is 4.99 Å². The number of hydrogen-bond donors (Lipinski definition) is 7. The molecule has 8 rings (SSSR count). The van der Waals surface area contributed by atoms with E-state index in [0.29, 0.717) is 65.2 Å². The minimum atomic E-state index is -0.898. The van der Waals surface area contributed by atoms with Gasteiger partial charge in [0.15, 0.2) is 17.5 Å². The van der Waals surface area contributed by atoms with Gasteiger partial charge in [0.2, 0.25) is 0 Å². The molecule has 8 N–H and O–H groups in total. The summed E-state index contributed by atoms with van der Waals surface area (Å²) in [6, 6.07) is 11.4. The summed E-state index contributed by atoms with van der Waals surface area (Å²) in [5.41, 5.74) is 12.9. The molecule has 0 bridgehead atoms. The minimum Gasteiger partial charge on any atom is -0.508 e. The number of phenolic OH excluding ortho intramolecular Hbond substituents is 2. The van der Waals surface area contributed by atoms with Gasteiger partial charge in [0.1, 0.15) is 29.5 Å². The third-order valence-corrected chi connectivity index (χ3v) is 14.6. The molecule has 0 spiro atoms. The predicted molar refractivity (Wildman–Crippen MR) is 237 cm³/mol. The molecule has 5 aliphatic rings. The Balaban J connectivity index is 1.15. The number of benzene rings is 3. The Labute approximate surface area is 361 Å². The highest BCUT2D eigenvalue weighted by Crippen LogP contribution is 2.56. The number of aliphatic imine (C=N–C) groups is 1. The lowest BCUT2D eigenvalue weighted by Crippen LogP contribution is -2.48. The smallest absolute Gasteiger partial charge is 0.188 e. The number of nitrogens with zero attached hydrogens (tertiary/aromatic N) is 1. The third kappa shape index (κ3) is 8.80. The number of ether oxygens (including phenoxy) is 3. The van der Waals surface area contributed by atoms with Crippen LogP contribution in [0, 0.1) is 35.5 Å². The van der Waals surface area contributed by atoms with E-state index >= 15 is 0 Å². The number of allylic oxidation sites excluding steroid dienone is 2. The Hall–Kier alpha value is -4.45. The second kappa shape index (κ2) is 18.5. The van der Waals surface area contributed by atoms with Crippen molar-refractivity contribution in [1.29, 1.82) is 0 Å². The lowest BCUT2D eigenvalue weighted by Gasteiger charge is -2.42. The molecule has 3 aromatic rings. The van der Waals surface area contributed by atoms with Crippen molar-refractivity contribution in [3.05, 3.63) is 76.4 Å². The zero-order valence-electron chi connectivity index (χ0n) is 36.4. The number of aliphatic hydroxyl groups excluding tert-OH is 3. The van der Waals surface area contributed by atoms with Crippen LogP contribution in [-0.2, 0) is 19.3 Å². The van der Waals surface area contributed by atoms with Crippen molar-refractivity contribution in [2.45, 2.75) is 122 Å². The lowest BCUT2D eigenvalue weighted by atomic mass is 9.65. The van der Waals surface area contributed by atoms with Crippen molar-refractivity contribution < 1.29 is 39.7 Å². The maximum absolute atomic E-state index is 12.2. The van der Waals surface area contributed by atoms with E-state index in [4.69, 9.17) is 19.9 Å². The van der Waals surface area contributed by atoms with Gasteiger partial charge >= 0.3 is 0 Å². The number of methoxy groups -OCH3 is 1. The van der Waals surface area contributed by atoms with Crippen molar-refractivity contribution in [2.24, 2.45) is 46.2 Å². The first-order valence-corrected chi connectivity index (χ1v) is 22.9. The van der Waals surface area contributed by atoms with Crippen LogP contribution < -0.4 is 25.3 Å². The van der Waals surface area contributed by atoms with E-state index in [1.54, 1.807) is 25.3 Å². The van der Waals surface area contributed by atoms with Crippen LogP contribution in [0.25, 0.3) is 11.1 Å². The Morgan fingerprint density at radius 3 is 2.56 bits per heavy atom. The standard InChI is InChI=1S/C50H67N3O8/c1-5-28-18-30(10-9-29(28)14-16-54)37-19-33-21-41(57)34(17-27(2)3)20-38(33)48-46(59-4)25-44-39(47(37)48)24-42(58)49(61-44)31-11-12-40(56)45(22-31)60-43-8-6-7-32(26-55)36(43)23-35-13-15-52-50(51)53-35/h9-12,20-22,25,27-30,32,35-37,42-43,49,54-58H,5-8,13-19,23-24,26H2,1-4H3,(H3,51,52,53)/t28-,29+,30-,32+,35-,36+,37-,42-,43+,49+/m1/s1. The van der Waals surface area contributed by atoms with Crippen LogP contribution in [0.1, 0.15) is 112 Å². The Morgan fingerprint density at radius 1 is 0.984 bits per heavy atom. The molecule has 0 amide bonds. The average molecular weight is 838 g/mol. The fourth-order valence-corrected chi connectivity index (χ4v) is 11.5. The maximum Gasteiger partial charge on any atom is 0.188 e. The Kier molecular flexibility index (Phi) is 13.1. The van der Waals surface area contributed by atoms with Gasteiger partial charge in [0.25, 0.3) is 0 Å². The quantitative estimate of drug-likeness (QED) is 0.0855. The van der Waals surface area contributed by atoms with E-state index in [-0.39, 0.29) is 54.8 Å². The molecule has 1 fully saturated rings. The number of rotatable bonds is 13. The van der Waals surface area contributed by atoms with E-state index in [0.717, 1.165) is 97.6 Å². The average Bonchev–Trinajstić information content (AvgIpc) is 3.24. The molecule has 11 heteroatoms.